The molecule has 0 unspecified atom stereocenters. The third-order valence-electron chi connectivity index (χ3n) is 4.11. The summed E-state index contributed by atoms with van der Waals surface area (Å²) in [6, 6.07) is 8.07. The quantitative estimate of drug-likeness (QED) is 0.734. The number of hydrogen-bond donors (Lipinski definition) is 2. The van der Waals surface area contributed by atoms with Gasteiger partial charge in [0.05, 0.1) is 11.9 Å². The summed E-state index contributed by atoms with van der Waals surface area (Å²) in [5.74, 6) is 0.239. The molecule has 0 saturated carbocycles. The van der Waals surface area contributed by atoms with Gasteiger partial charge in [0, 0.05) is 19.7 Å². The van der Waals surface area contributed by atoms with E-state index in [-0.39, 0.29) is 11.8 Å². The lowest BCUT2D eigenvalue weighted by atomic mass is 10.0. The van der Waals surface area contributed by atoms with Gasteiger partial charge in [0.1, 0.15) is 5.69 Å². The second kappa shape index (κ2) is 9.16. The molecule has 0 aliphatic carbocycles. The van der Waals surface area contributed by atoms with Crippen molar-refractivity contribution in [3.63, 3.8) is 0 Å². The van der Waals surface area contributed by atoms with Crippen molar-refractivity contribution in [2.75, 3.05) is 11.9 Å². The predicted octanol–water partition coefficient (Wildman–Crippen LogP) is 3.58. The molecule has 1 heterocycles. The first-order chi connectivity index (χ1) is 12.8. The summed E-state index contributed by atoms with van der Waals surface area (Å²) in [5, 5.41) is 9.65. The number of rotatable bonds is 7. The summed E-state index contributed by atoms with van der Waals surface area (Å²) in [4.78, 5) is 24.6. The molecule has 2 rings (SSSR count). The molecule has 6 nitrogen and oxygen atoms in total. The van der Waals surface area contributed by atoms with Gasteiger partial charge in [-0.25, -0.2) is 0 Å². The van der Waals surface area contributed by atoms with Crippen LogP contribution >= 0.6 is 0 Å². The first-order valence-electron chi connectivity index (χ1n) is 9.17. The average Bonchev–Trinajstić information content (AvgIpc) is 2.98. The lowest BCUT2D eigenvalue weighted by molar-refractivity contribution is -0.111. The van der Waals surface area contributed by atoms with Gasteiger partial charge in [0.15, 0.2) is 0 Å². The highest BCUT2D eigenvalue weighted by Crippen LogP contribution is 2.16. The lowest BCUT2D eigenvalue weighted by Crippen LogP contribution is -2.30. The normalized spacial score (nSPS) is 11.4. The number of aryl methyl sites for hydroxylation is 1. The van der Waals surface area contributed by atoms with Gasteiger partial charge in [-0.05, 0) is 29.0 Å². The number of benzene rings is 1. The summed E-state index contributed by atoms with van der Waals surface area (Å²) in [6.07, 6.45) is 4.68. The molecule has 6 heteroatoms. The largest absolute Gasteiger partial charge is 0.350 e. The second-order valence-electron chi connectivity index (χ2n) is 7.28. The number of carbonyl (C=O) groups is 2. The molecule has 1 aromatic carbocycles. The number of aromatic nitrogens is 2. The Hall–Kier alpha value is -2.89. The van der Waals surface area contributed by atoms with Crippen molar-refractivity contribution >= 4 is 23.6 Å². The standard InChI is InChI=1S/C21H28N4O2/c1-14(2)12-22-21(27)20-18(13-23-25(20)5)24-19(26)11-8-16-6-9-17(10-7-16)15(3)4/h6-11,13-15H,12H2,1-5H3,(H,22,27)(H,24,26)/b11-8+. The molecule has 0 aliphatic heterocycles. The first kappa shape index (κ1) is 20.4. The Bertz CT molecular complexity index is 817. The Morgan fingerprint density at radius 1 is 1.15 bits per heavy atom. The van der Waals surface area contributed by atoms with Gasteiger partial charge in [-0.2, -0.15) is 5.10 Å². The van der Waals surface area contributed by atoms with E-state index < -0.39 is 0 Å². The van der Waals surface area contributed by atoms with E-state index in [0.717, 1.165) is 5.56 Å². The minimum atomic E-state index is -0.311. The maximum Gasteiger partial charge on any atom is 0.271 e. The van der Waals surface area contributed by atoms with Crippen LogP contribution in [0.1, 0.15) is 55.2 Å². The monoisotopic (exact) mass is 368 g/mol. The fourth-order valence-corrected chi connectivity index (χ4v) is 2.52. The van der Waals surface area contributed by atoms with Crippen molar-refractivity contribution in [1.82, 2.24) is 15.1 Å². The van der Waals surface area contributed by atoms with Crippen molar-refractivity contribution < 1.29 is 9.59 Å². The van der Waals surface area contributed by atoms with Gasteiger partial charge in [-0.3, -0.25) is 14.3 Å². The van der Waals surface area contributed by atoms with Crippen LogP contribution < -0.4 is 10.6 Å². The van der Waals surface area contributed by atoms with E-state index in [9.17, 15) is 9.59 Å². The zero-order chi connectivity index (χ0) is 20.0. The number of amides is 2. The molecule has 2 amide bonds. The Labute approximate surface area is 160 Å². The topological polar surface area (TPSA) is 76.0 Å². The van der Waals surface area contributed by atoms with Crippen LogP contribution in [0.3, 0.4) is 0 Å². The molecule has 0 radical (unpaired) electrons. The summed E-state index contributed by atoms with van der Waals surface area (Å²) in [6.45, 7) is 8.88. The van der Waals surface area contributed by atoms with Gasteiger partial charge in [-0.15, -0.1) is 0 Å². The molecular weight excluding hydrogens is 340 g/mol. The number of nitrogens with one attached hydrogen (secondary N) is 2. The van der Waals surface area contributed by atoms with Crippen LogP contribution in [0.2, 0.25) is 0 Å². The van der Waals surface area contributed by atoms with Crippen molar-refractivity contribution in [2.45, 2.75) is 33.6 Å². The van der Waals surface area contributed by atoms with Gasteiger partial charge < -0.3 is 10.6 Å². The van der Waals surface area contributed by atoms with Gasteiger partial charge >= 0.3 is 0 Å². The second-order valence-corrected chi connectivity index (χ2v) is 7.28. The Morgan fingerprint density at radius 3 is 2.41 bits per heavy atom. The lowest BCUT2D eigenvalue weighted by Gasteiger charge is -2.09. The van der Waals surface area contributed by atoms with Crippen LogP contribution in [0.4, 0.5) is 5.69 Å². The molecular formula is C21H28N4O2. The molecule has 0 fully saturated rings. The van der Waals surface area contributed by atoms with Crippen molar-refractivity contribution in [3.8, 4) is 0 Å². The van der Waals surface area contributed by atoms with Crippen molar-refractivity contribution in [2.24, 2.45) is 13.0 Å². The minimum absolute atomic E-state index is 0.257. The van der Waals surface area contributed by atoms with E-state index in [4.69, 9.17) is 0 Å². The van der Waals surface area contributed by atoms with E-state index in [1.807, 2.05) is 26.0 Å². The fraction of sp³-hybridized carbons (Fsp3) is 0.381. The Kier molecular flexibility index (Phi) is 6.93. The Balaban J connectivity index is 2.04. The number of anilines is 1. The zero-order valence-corrected chi connectivity index (χ0v) is 16.6. The molecule has 0 aliphatic rings. The molecule has 0 saturated heterocycles. The third kappa shape index (κ3) is 5.81. The van der Waals surface area contributed by atoms with Gasteiger partial charge in [0.25, 0.3) is 5.91 Å². The third-order valence-corrected chi connectivity index (χ3v) is 4.11. The van der Waals surface area contributed by atoms with Crippen LogP contribution in [0.15, 0.2) is 36.5 Å². The van der Waals surface area contributed by atoms with E-state index in [1.54, 1.807) is 13.1 Å². The molecule has 27 heavy (non-hydrogen) atoms. The number of carbonyl (C=O) groups excluding carboxylic acids is 2. The highest BCUT2D eigenvalue weighted by Gasteiger charge is 2.18. The van der Waals surface area contributed by atoms with E-state index in [2.05, 4.69) is 41.7 Å². The van der Waals surface area contributed by atoms with E-state index in [0.29, 0.717) is 29.8 Å². The van der Waals surface area contributed by atoms with Crippen molar-refractivity contribution in [3.05, 3.63) is 53.4 Å². The number of nitrogens with zero attached hydrogens (tertiary/aromatic N) is 2. The molecule has 2 aromatic rings. The fourth-order valence-electron chi connectivity index (χ4n) is 2.52. The SMILES string of the molecule is CC(C)CNC(=O)c1c(NC(=O)/C=C/c2ccc(C(C)C)cc2)cnn1C. The average molecular weight is 368 g/mol. The number of hydrogen-bond acceptors (Lipinski definition) is 3. The van der Waals surface area contributed by atoms with Gasteiger partial charge in [-0.1, -0.05) is 52.0 Å². The van der Waals surface area contributed by atoms with E-state index >= 15 is 0 Å². The maximum absolute atomic E-state index is 12.4. The van der Waals surface area contributed by atoms with Crippen LogP contribution in [0.5, 0.6) is 0 Å². The molecule has 144 valence electrons. The molecule has 2 N–H and O–H groups in total. The summed E-state index contributed by atoms with van der Waals surface area (Å²) < 4.78 is 1.46. The van der Waals surface area contributed by atoms with Crippen LogP contribution in [0, 0.1) is 5.92 Å². The van der Waals surface area contributed by atoms with Gasteiger partial charge in [0.2, 0.25) is 5.91 Å². The maximum atomic E-state index is 12.4. The minimum Gasteiger partial charge on any atom is -0.350 e. The Morgan fingerprint density at radius 2 is 1.81 bits per heavy atom. The molecule has 1 aromatic heterocycles. The van der Waals surface area contributed by atoms with Crippen molar-refractivity contribution in [1.29, 1.82) is 0 Å². The van der Waals surface area contributed by atoms with Crippen LogP contribution in [-0.2, 0) is 11.8 Å². The molecule has 0 atom stereocenters. The highest BCUT2D eigenvalue weighted by atomic mass is 16.2. The van der Waals surface area contributed by atoms with Crippen LogP contribution in [-0.4, -0.2) is 28.1 Å². The summed E-state index contributed by atoms with van der Waals surface area (Å²) in [5.41, 5.74) is 2.92. The van der Waals surface area contributed by atoms with E-state index in [1.165, 1.54) is 22.5 Å². The predicted molar refractivity (Wildman–Crippen MR) is 109 cm³/mol. The molecule has 0 spiro atoms. The smallest absolute Gasteiger partial charge is 0.271 e. The summed E-state index contributed by atoms with van der Waals surface area (Å²) in [7, 11) is 1.67. The zero-order valence-electron chi connectivity index (χ0n) is 16.6. The highest BCUT2D eigenvalue weighted by molar-refractivity contribution is 6.06. The summed E-state index contributed by atoms with van der Waals surface area (Å²) >= 11 is 0. The van der Waals surface area contributed by atoms with Crippen LogP contribution in [0.25, 0.3) is 6.08 Å². The molecule has 0 bridgehead atoms. The first-order valence-corrected chi connectivity index (χ1v) is 9.17.